The van der Waals surface area contributed by atoms with Crippen LogP contribution in [0.15, 0.2) is 23.8 Å². The summed E-state index contributed by atoms with van der Waals surface area (Å²) in [7, 11) is 0. The van der Waals surface area contributed by atoms with Gasteiger partial charge in [-0.25, -0.2) is 4.98 Å². The summed E-state index contributed by atoms with van der Waals surface area (Å²) in [6.07, 6.45) is 1.50. The molecule has 6 heteroatoms. The smallest absolute Gasteiger partial charge is 0.242 e. The van der Waals surface area contributed by atoms with E-state index in [1.54, 1.807) is 11.3 Å². The SMILES string of the molecule is CC(C)Oc1ncnc(NC(c2cccs2)C(C)C)c1N. The third-order valence-electron chi connectivity index (χ3n) is 3.00. The Hall–Kier alpha value is -1.82. The van der Waals surface area contributed by atoms with Crippen LogP contribution in [0.1, 0.15) is 38.6 Å². The van der Waals surface area contributed by atoms with Gasteiger partial charge in [-0.15, -0.1) is 11.3 Å². The fraction of sp³-hybridized carbons (Fsp3) is 0.467. The van der Waals surface area contributed by atoms with Gasteiger partial charge in [-0.05, 0) is 31.2 Å². The molecule has 0 saturated heterocycles. The Morgan fingerprint density at radius 1 is 1.24 bits per heavy atom. The summed E-state index contributed by atoms with van der Waals surface area (Å²) >= 11 is 1.72. The number of nitrogens with one attached hydrogen (secondary N) is 1. The Kier molecular flexibility index (Phi) is 5.01. The van der Waals surface area contributed by atoms with Crippen LogP contribution in [-0.2, 0) is 0 Å². The molecule has 2 heterocycles. The molecule has 2 rings (SSSR count). The monoisotopic (exact) mass is 306 g/mol. The van der Waals surface area contributed by atoms with Crippen LogP contribution in [0.3, 0.4) is 0 Å². The number of thiophene rings is 1. The van der Waals surface area contributed by atoms with Crippen LogP contribution in [0.2, 0.25) is 0 Å². The van der Waals surface area contributed by atoms with E-state index in [2.05, 4.69) is 40.6 Å². The molecule has 0 aliphatic carbocycles. The highest BCUT2D eigenvalue weighted by Gasteiger charge is 2.20. The number of hydrogen-bond donors (Lipinski definition) is 2. The minimum Gasteiger partial charge on any atom is -0.473 e. The van der Waals surface area contributed by atoms with E-state index in [0.29, 0.717) is 23.3 Å². The third-order valence-corrected chi connectivity index (χ3v) is 3.96. The van der Waals surface area contributed by atoms with Crippen LogP contribution in [-0.4, -0.2) is 16.1 Å². The first-order chi connectivity index (χ1) is 9.99. The van der Waals surface area contributed by atoms with Crippen molar-refractivity contribution in [1.29, 1.82) is 0 Å². The number of ether oxygens (including phenoxy) is 1. The molecular formula is C15H22N4OS. The fourth-order valence-electron chi connectivity index (χ4n) is 1.99. The van der Waals surface area contributed by atoms with Crippen molar-refractivity contribution in [3.8, 4) is 5.88 Å². The van der Waals surface area contributed by atoms with E-state index < -0.39 is 0 Å². The van der Waals surface area contributed by atoms with Gasteiger partial charge >= 0.3 is 0 Å². The number of nitrogen functional groups attached to an aromatic ring is 1. The van der Waals surface area contributed by atoms with E-state index in [9.17, 15) is 0 Å². The lowest BCUT2D eigenvalue weighted by molar-refractivity contribution is 0.234. The van der Waals surface area contributed by atoms with E-state index in [1.807, 2.05) is 19.9 Å². The van der Waals surface area contributed by atoms with E-state index in [0.717, 1.165) is 0 Å². The van der Waals surface area contributed by atoms with E-state index >= 15 is 0 Å². The molecular weight excluding hydrogens is 284 g/mol. The Morgan fingerprint density at radius 2 is 2.00 bits per heavy atom. The van der Waals surface area contributed by atoms with Crippen molar-refractivity contribution in [3.05, 3.63) is 28.7 Å². The molecule has 5 nitrogen and oxygen atoms in total. The topological polar surface area (TPSA) is 73.1 Å². The van der Waals surface area contributed by atoms with E-state index in [4.69, 9.17) is 10.5 Å². The molecule has 21 heavy (non-hydrogen) atoms. The molecule has 2 aromatic rings. The summed E-state index contributed by atoms with van der Waals surface area (Å²) in [5.41, 5.74) is 6.58. The van der Waals surface area contributed by atoms with Crippen LogP contribution < -0.4 is 15.8 Å². The Labute approximate surface area is 129 Å². The standard InChI is InChI=1S/C15H22N4OS/c1-9(2)13(11-6-5-7-21-11)19-14-12(16)15(18-8-17-14)20-10(3)4/h5-10,13H,16H2,1-4H3,(H,17,18,19). The van der Waals surface area contributed by atoms with E-state index in [1.165, 1.54) is 11.2 Å². The molecule has 1 atom stereocenters. The maximum Gasteiger partial charge on any atom is 0.242 e. The molecule has 1 unspecified atom stereocenters. The minimum absolute atomic E-state index is 0.0215. The van der Waals surface area contributed by atoms with Gasteiger partial charge < -0.3 is 15.8 Å². The molecule has 3 N–H and O–H groups in total. The second-order valence-corrected chi connectivity index (χ2v) is 6.47. The molecule has 114 valence electrons. The normalized spacial score (nSPS) is 12.7. The Bertz CT molecular complexity index is 569. The van der Waals surface area contributed by atoms with Gasteiger partial charge in [-0.2, -0.15) is 4.98 Å². The summed E-state index contributed by atoms with van der Waals surface area (Å²) < 4.78 is 5.60. The van der Waals surface area contributed by atoms with Crippen molar-refractivity contribution in [2.75, 3.05) is 11.1 Å². The average Bonchev–Trinajstić information content (AvgIpc) is 2.92. The quantitative estimate of drug-likeness (QED) is 0.851. The highest BCUT2D eigenvalue weighted by atomic mass is 32.1. The van der Waals surface area contributed by atoms with Crippen molar-refractivity contribution in [2.45, 2.75) is 39.8 Å². The largest absolute Gasteiger partial charge is 0.473 e. The van der Waals surface area contributed by atoms with Crippen molar-refractivity contribution < 1.29 is 4.74 Å². The molecule has 0 amide bonds. The Balaban J connectivity index is 2.25. The lowest BCUT2D eigenvalue weighted by Gasteiger charge is -2.23. The predicted molar refractivity (Wildman–Crippen MR) is 87.7 cm³/mol. The predicted octanol–water partition coefficient (Wildman–Crippen LogP) is 3.72. The summed E-state index contributed by atoms with van der Waals surface area (Å²) in [6.45, 7) is 8.22. The van der Waals surface area contributed by atoms with Crippen LogP contribution in [0.25, 0.3) is 0 Å². The zero-order valence-electron chi connectivity index (χ0n) is 12.8. The first-order valence-corrected chi connectivity index (χ1v) is 7.94. The molecule has 0 bridgehead atoms. The van der Waals surface area contributed by atoms with Crippen LogP contribution in [0, 0.1) is 5.92 Å². The summed E-state index contributed by atoms with van der Waals surface area (Å²) in [5, 5.41) is 5.49. The summed E-state index contributed by atoms with van der Waals surface area (Å²) in [6, 6.07) is 4.33. The Morgan fingerprint density at radius 3 is 2.57 bits per heavy atom. The van der Waals surface area contributed by atoms with Gasteiger partial charge in [0, 0.05) is 4.88 Å². The fourth-order valence-corrected chi connectivity index (χ4v) is 2.94. The van der Waals surface area contributed by atoms with E-state index in [-0.39, 0.29) is 12.1 Å². The zero-order chi connectivity index (χ0) is 15.4. The number of nitrogens with two attached hydrogens (primary N) is 1. The molecule has 0 saturated carbocycles. The molecule has 0 fully saturated rings. The van der Waals surface area contributed by atoms with Gasteiger partial charge in [0.1, 0.15) is 12.0 Å². The average molecular weight is 306 g/mol. The van der Waals surface area contributed by atoms with Gasteiger partial charge in [0.25, 0.3) is 0 Å². The second kappa shape index (κ2) is 6.76. The number of rotatable bonds is 6. The zero-order valence-corrected chi connectivity index (χ0v) is 13.6. The van der Waals surface area contributed by atoms with Gasteiger partial charge in [0.05, 0.1) is 12.1 Å². The van der Waals surface area contributed by atoms with Crippen molar-refractivity contribution in [2.24, 2.45) is 5.92 Å². The molecule has 2 aromatic heterocycles. The minimum atomic E-state index is 0.0215. The highest BCUT2D eigenvalue weighted by molar-refractivity contribution is 7.10. The number of nitrogens with zero attached hydrogens (tertiary/aromatic N) is 2. The van der Waals surface area contributed by atoms with Crippen LogP contribution >= 0.6 is 11.3 Å². The molecule has 0 aliphatic rings. The number of anilines is 2. The molecule has 0 radical (unpaired) electrons. The van der Waals surface area contributed by atoms with Gasteiger partial charge in [0.2, 0.25) is 5.88 Å². The molecule has 0 aliphatic heterocycles. The van der Waals surface area contributed by atoms with Crippen molar-refractivity contribution >= 4 is 22.8 Å². The molecule has 0 spiro atoms. The number of aromatic nitrogens is 2. The number of hydrogen-bond acceptors (Lipinski definition) is 6. The van der Waals surface area contributed by atoms with Crippen LogP contribution in [0.4, 0.5) is 11.5 Å². The molecule has 0 aromatic carbocycles. The lowest BCUT2D eigenvalue weighted by atomic mass is 10.0. The van der Waals surface area contributed by atoms with Crippen molar-refractivity contribution in [1.82, 2.24) is 9.97 Å². The highest BCUT2D eigenvalue weighted by Crippen LogP contribution is 2.33. The maximum absolute atomic E-state index is 6.12. The lowest BCUT2D eigenvalue weighted by Crippen LogP contribution is -2.18. The van der Waals surface area contributed by atoms with Gasteiger partial charge in [-0.1, -0.05) is 19.9 Å². The first-order valence-electron chi connectivity index (χ1n) is 7.06. The third kappa shape index (κ3) is 3.85. The maximum atomic E-state index is 6.12. The van der Waals surface area contributed by atoms with Crippen molar-refractivity contribution in [3.63, 3.8) is 0 Å². The summed E-state index contributed by atoms with van der Waals surface area (Å²) in [4.78, 5) is 9.61. The van der Waals surface area contributed by atoms with Gasteiger partial charge in [0.15, 0.2) is 5.82 Å². The van der Waals surface area contributed by atoms with Gasteiger partial charge in [-0.3, -0.25) is 0 Å². The second-order valence-electron chi connectivity index (χ2n) is 5.49. The first kappa shape index (κ1) is 15.6. The summed E-state index contributed by atoms with van der Waals surface area (Å²) in [5.74, 6) is 1.46. The van der Waals surface area contributed by atoms with Crippen LogP contribution in [0.5, 0.6) is 5.88 Å².